The van der Waals surface area contributed by atoms with Crippen LogP contribution < -0.4 is 5.32 Å². The number of Topliss-reactive ketones (excluding diaryl/α,β-unsaturated/α-hetero) is 1. The van der Waals surface area contributed by atoms with E-state index in [4.69, 9.17) is 5.11 Å². The van der Waals surface area contributed by atoms with Crippen LogP contribution >= 0.6 is 0 Å². The zero-order chi connectivity index (χ0) is 16.2. The molecule has 0 aromatic heterocycles. The molecular formula is C17H24N2O3. The lowest BCUT2D eigenvalue weighted by atomic mass is 9.60. The van der Waals surface area contributed by atoms with Gasteiger partial charge in [0.15, 0.2) is 5.78 Å². The van der Waals surface area contributed by atoms with Crippen molar-refractivity contribution in [2.24, 2.45) is 11.3 Å². The molecule has 5 heteroatoms. The number of carbonyl (C=O) groups is 2. The predicted molar refractivity (Wildman–Crippen MR) is 84.3 cm³/mol. The van der Waals surface area contributed by atoms with E-state index >= 15 is 0 Å². The van der Waals surface area contributed by atoms with Crippen LogP contribution in [0.4, 0.5) is 0 Å². The quantitative estimate of drug-likeness (QED) is 0.612. The fraction of sp³-hybridized carbons (Fsp3) is 0.588. The summed E-state index contributed by atoms with van der Waals surface area (Å²) >= 11 is 0. The zero-order valence-corrected chi connectivity index (χ0v) is 13.3. The minimum Gasteiger partial charge on any atom is -0.478 e. The average Bonchev–Trinajstić information content (AvgIpc) is 2.44. The van der Waals surface area contributed by atoms with Crippen molar-refractivity contribution < 1.29 is 14.7 Å². The Morgan fingerprint density at radius 3 is 2.68 bits per heavy atom. The molecule has 0 aromatic rings. The van der Waals surface area contributed by atoms with Gasteiger partial charge >= 0.3 is 5.97 Å². The van der Waals surface area contributed by atoms with E-state index in [2.05, 4.69) is 11.0 Å². The van der Waals surface area contributed by atoms with E-state index in [1.807, 2.05) is 25.2 Å². The summed E-state index contributed by atoms with van der Waals surface area (Å²) in [4.78, 5) is 24.9. The molecule has 2 aliphatic rings. The number of allylic oxidation sites excluding steroid dienone is 1. The number of rotatable bonds is 3. The molecule has 1 spiro atoms. The Hall–Kier alpha value is -1.84. The Morgan fingerprint density at radius 1 is 1.41 bits per heavy atom. The highest BCUT2D eigenvalue weighted by molar-refractivity contribution is 5.96. The van der Waals surface area contributed by atoms with Crippen LogP contribution in [0.5, 0.6) is 0 Å². The summed E-state index contributed by atoms with van der Waals surface area (Å²) < 4.78 is 0. The number of hydrogen-bond donors (Lipinski definition) is 2. The minimum absolute atomic E-state index is 0.0420. The normalized spacial score (nSPS) is 25.6. The van der Waals surface area contributed by atoms with Gasteiger partial charge in [0, 0.05) is 32.3 Å². The van der Waals surface area contributed by atoms with E-state index in [9.17, 15) is 9.59 Å². The average molecular weight is 304 g/mol. The summed E-state index contributed by atoms with van der Waals surface area (Å²) in [5.41, 5.74) is 3.68. The van der Waals surface area contributed by atoms with E-state index in [-0.39, 0.29) is 17.1 Å². The summed E-state index contributed by atoms with van der Waals surface area (Å²) in [6, 6.07) is 0. The van der Waals surface area contributed by atoms with Crippen LogP contribution in [-0.2, 0) is 9.59 Å². The van der Waals surface area contributed by atoms with Crippen molar-refractivity contribution in [2.75, 3.05) is 27.2 Å². The number of piperidine rings is 1. The molecule has 22 heavy (non-hydrogen) atoms. The number of carboxylic acids is 1. The molecule has 2 N–H and O–H groups in total. The molecule has 1 heterocycles. The standard InChI is InChI=1S/C17H24N2O3/c1-19(2)12-13-11-17(6-8-18-9-7-17)14(10-15(13)20)4-3-5-16(21)22/h4-5,12,14,18H,6-11H2,1-2H3,(H,21,22). The SMILES string of the molecule is CN(C)C=C1CC2(CCNCC2)C(C=C=CC(=O)O)CC1=O. The molecule has 1 atom stereocenters. The molecule has 0 amide bonds. The molecule has 1 unspecified atom stereocenters. The van der Waals surface area contributed by atoms with Crippen LogP contribution in [0.2, 0.25) is 0 Å². The number of aliphatic carboxylic acids is 1. The third kappa shape index (κ3) is 3.87. The monoisotopic (exact) mass is 304 g/mol. The number of hydrogen-bond acceptors (Lipinski definition) is 4. The lowest BCUT2D eigenvalue weighted by Crippen LogP contribution is -2.45. The van der Waals surface area contributed by atoms with Crippen molar-refractivity contribution in [1.29, 1.82) is 0 Å². The fourth-order valence-electron chi connectivity index (χ4n) is 3.53. The van der Waals surface area contributed by atoms with Crippen molar-refractivity contribution in [3.05, 3.63) is 29.7 Å². The molecule has 0 bridgehead atoms. The van der Waals surface area contributed by atoms with Gasteiger partial charge in [-0.3, -0.25) is 4.79 Å². The van der Waals surface area contributed by atoms with Gasteiger partial charge in [-0.05, 0) is 49.8 Å². The number of carboxylic acid groups (broad SMARTS) is 1. The maximum absolute atomic E-state index is 12.4. The number of nitrogens with one attached hydrogen (secondary N) is 1. The Kier molecular flexibility index (Phi) is 5.22. The molecule has 0 radical (unpaired) electrons. The minimum atomic E-state index is -1.01. The van der Waals surface area contributed by atoms with Gasteiger partial charge in [0.05, 0.1) is 6.08 Å². The van der Waals surface area contributed by atoms with E-state index < -0.39 is 5.97 Å². The van der Waals surface area contributed by atoms with Gasteiger partial charge in [-0.25, -0.2) is 4.79 Å². The van der Waals surface area contributed by atoms with Crippen molar-refractivity contribution >= 4 is 11.8 Å². The molecule has 120 valence electrons. The van der Waals surface area contributed by atoms with Crippen molar-refractivity contribution in [3.8, 4) is 0 Å². The first-order valence-electron chi connectivity index (χ1n) is 7.69. The second-order valence-corrected chi connectivity index (χ2v) is 6.46. The van der Waals surface area contributed by atoms with E-state index in [0.717, 1.165) is 44.0 Å². The highest BCUT2D eigenvalue weighted by Gasteiger charge is 2.44. The summed E-state index contributed by atoms with van der Waals surface area (Å²) in [6.07, 6.45) is 7.96. The van der Waals surface area contributed by atoms with Gasteiger partial charge in [-0.2, -0.15) is 0 Å². The van der Waals surface area contributed by atoms with Crippen LogP contribution in [0.1, 0.15) is 25.7 Å². The Labute approximate surface area is 131 Å². The topological polar surface area (TPSA) is 69.6 Å². The molecule has 2 rings (SSSR count). The first-order chi connectivity index (χ1) is 10.4. The van der Waals surface area contributed by atoms with Crippen LogP contribution in [0.25, 0.3) is 0 Å². The number of ketones is 1. The molecule has 0 aromatic carbocycles. The smallest absolute Gasteiger partial charge is 0.336 e. The van der Waals surface area contributed by atoms with Crippen LogP contribution in [0, 0.1) is 11.3 Å². The van der Waals surface area contributed by atoms with E-state index in [0.29, 0.717) is 6.42 Å². The van der Waals surface area contributed by atoms with Gasteiger partial charge in [-0.1, -0.05) is 0 Å². The number of carbonyl (C=O) groups excluding carboxylic acids is 1. The van der Waals surface area contributed by atoms with Crippen LogP contribution in [0.3, 0.4) is 0 Å². The van der Waals surface area contributed by atoms with Gasteiger partial charge in [0.1, 0.15) is 0 Å². The summed E-state index contributed by atoms with van der Waals surface area (Å²) in [5, 5.41) is 12.1. The van der Waals surface area contributed by atoms with Crippen molar-refractivity contribution in [3.63, 3.8) is 0 Å². The fourth-order valence-corrected chi connectivity index (χ4v) is 3.53. The summed E-state index contributed by atoms with van der Waals surface area (Å²) in [7, 11) is 3.86. The predicted octanol–water partition coefficient (Wildman–Crippen LogP) is 1.58. The number of nitrogens with zero attached hydrogens (tertiary/aromatic N) is 1. The highest BCUT2D eigenvalue weighted by atomic mass is 16.4. The second kappa shape index (κ2) is 6.95. The summed E-state index contributed by atoms with van der Waals surface area (Å²) in [6.45, 7) is 1.88. The maximum Gasteiger partial charge on any atom is 0.336 e. The van der Waals surface area contributed by atoms with Crippen molar-refractivity contribution in [1.82, 2.24) is 10.2 Å². The Morgan fingerprint density at radius 2 is 2.09 bits per heavy atom. The molecule has 1 aliphatic carbocycles. The van der Waals surface area contributed by atoms with Gasteiger partial charge < -0.3 is 15.3 Å². The molecule has 1 aliphatic heterocycles. The van der Waals surface area contributed by atoms with Crippen LogP contribution in [0.15, 0.2) is 29.7 Å². The van der Waals surface area contributed by atoms with E-state index in [1.165, 1.54) is 0 Å². The van der Waals surface area contributed by atoms with Gasteiger partial charge in [-0.15, -0.1) is 5.73 Å². The third-order valence-electron chi connectivity index (χ3n) is 4.61. The van der Waals surface area contributed by atoms with E-state index in [1.54, 1.807) is 6.08 Å². The first-order valence-corrected chi connectivity index (χ1v) is 7.69. The van der Waals surface area contributed by atoms with Gasteiger partial charge in [0.2, 0.25) is 0 Å². The lowest BCUT2D eigenvalue weighted by Gasteiger charge is -2.46. The largest absolute Gasteiger partial charge is 0.478 e. The molecule has 2 fully saturated rings. The molecular weight excluding hydrogens is 280 g/mol. The highest BCUT2D eigenvalue weighted by Crippen LogP contribution is 2.48. The second-order valence-electron chi connectivity index (χ2n) is 6.46. The van der Waals surface area contributed by atoms with Crippen molar-refractivity contribution in [2.45, 2.75) is 25.7 Å². The van der Waals surface area contributed by atoms with Gasteiger partial charge in [0.25, 0.3) is 0 Å². The molecule has 1 saturated carbocycles. The summed E-state index contributed by atoms with van der Waals surface area (Å²) in [5.74, 6) is -0.779. The zero-order valence-electron chi connectivity index (χ0n) is 13.3. The molecule has 1 saturated heterocycles. The first kappa shape index (κ1) is 16.5. The maximum atomic E-state index is 12.4. The Balaban J connectivity index is 2.30. The lowest BCUT2D eigenvalue weighted by molar-refractivity contribution is -0.131. The van der Waals surface area contributed by atoms with Crippen LogP contribution in [-0.4, -0.2) is 48.9 Å². The third-order valence-corrected chi connectivity index (χ3v) is 4.61. The Bertz CT molecular complexity index is 536. The molecule has 5 nitrogen and oxygen atoms in total.